The SMILES string of the molecule is CCOc1ccc(C(=O)c2ccccc2C(C2CO2)N2CCN(c3ccc(F)cc3S(C)(=O)=O)CC2)cc1. The number of epoxide rings is 1. The number of nitrogens with zero attached hydrogens (tertiary/aromatic N) is 2. The number of ketones is 1. The van der Waals surface area contributed by atoms with E-state index in [9.17, 15) is 17.6 Å². The fourth-order valence-electron chi connectivity index (χ4n) is 5.14. The highest BCUT2D eigenvalue weighted by atomic mass is 32.2. The van der Waals surface area contributed by atoms with Gasteiger partial charge in [-0.25, -0.2) is 12.8 Å². The van der Waals surface area contributed by atoms with E-state index >= 15 is 0 Å². The van der Waals surface area contributed by atoms with Crippen LogP contribution in [-0.4, -0.2) is 70.9 Å². The molecule has 0 saturated carbocycles. The molecule has 2 aliphatic rings. The minimum absolute atomic E-state index is 0.000626. The highest BCUT2D eigenvalue weighted by Gasteiger charge is 2.41. The minimum atomic E-state index is -3.59. The fourth-order valence-corrected chi connectivity index (χ4v) is 6.05. The standard InChI is InChI=1S/C29H31FN2O5S/c1-3-36-22-11-8-20(9-12-22)29(33)24-7-5-4-6-23(24)28(26-19-37-26)32-16-14-31(15-17-32)25-13-10-21(30)18-27(25)38(2,34)35/h4-13,18,26,28H,3,14-17,19H2,1-2H3. The van der Waals surface area contributed by atoms with E-state index in [1.54, 1.807) is 24.3 Å². The molecule has 5 rings (SSSR count). The van der Waals surface area contributed by atoms with Gasteiger partial charge >= 0.3 is 0 Å². The molecule has 0 aromatic heterocycles. The number of hydrogen-bond acceptors (Lipinski definition) is 7. The molecule has 2 heterocycles. The number of ether oxygens (including phenoxy) is 2. The molecule has 0 radical (unpaired) electrons. The van der Waals surface area contributed by atoms with Crippen LogP contribution in [0.2, 0.25) is 0 Å². The van der Waals surface area contributed by atoms with Crippen LogP contribution in [0.4, 0.5) is 10.1 Å². The lowest BCUT2D eigenvalue weighted by atomic mass is 9.91. The van der Waals surface area contributed by atoms with Crippen LogP contribution in [0.3, 0.4) is 0 Å². The monoisotopic (exact) mass is 538 g/mol. The van der Waals surface area contributed by atoms with E-state index in [-0.39, 0.29) is 22.8 Å². The number of sulfone groups is 1. The van der Waals surface area contributed by atoms with Gasteiger partial charge in [-0.3, -0.25) is 9.69 Å². The highest BCUT2D eigenvalue weighted by Crippen LogP contribution is 2.37. The summed E-state index contributed by atoms with van der Waals surface area (Å²) in [5.74, 6) is 0.0873. The summed E-state index contributed by atoms with van der Waals surface area (Å²) in [7, 11) is -3.59. The molecule has 0 bridgehead atoms. The van der Waals surface area contributed by atoms with Gasteiger partial charge in [0.15, 0.2) is 15.6 Å². The molecule has 0 amide bonds. The fraction of sp³-hybridized carbons (Fsp3) is 0.345. The molecule has 2 fully saturated rings. The molecule has 2 saturated heterocycles. The van der Waals surface area contributed by atoms with Crippen molar-refractivity contribution in [2.45, 2.75) is 24.0 Å². The number of halogens is 1. The number of rotatable bonds is 9. The second-order valence-corrected chi connectivity index (χ2v) is 11.6. The van der Waals surface area contributed by atoms with Crippen molar-refractivity contribution in [1.29, 1.82) is 0 Å². The molecule has 9 heteroatoms. The van der Waals surface area contributed by atoms with Crippen LogP contribution in [0, 0.1) is 5.82 Å². The predicted molar refractivity (Wildman–Crippen MR) is 143 cm³/mol. The van der Waals surface area contributed by atoms with Crippen LogP contribution in [0.5, 0.6) is 5.75 Å². The van der Waals surface area contributed by atoms with Gasteiger partial charge in [0.05, 0.1) is 29.8 Å². The summed E-state index contributed by atoms with van der Waals surface area (Å²) in [4.78, 5) is 17.8. The van der Waals surface area contributed by atoms with Crippen LogP contribution in [0.1, 0.15) is 34.5 Å². The lowest BCUT2D eigenvalue weighted by molar-refractivity contribution is 0.103. The Morgan fingerprint density at radius 3 is 2.37 bits per heavy atom. The van der Waals surface area contributed by atoms with Crippen LogP contribution in [-0.2, 0) is 14.6 Å². The van der Waals surface area contributed by atoms with Gasteiger partial charge in [-0.2, -0.15) is 0 Å². The first kappa shape index (κ1) is 26.3. The molecule has 7 nitrogen and oxygen atoms in total. The highest BCUT2D eigenvalue weighted by molar-refractivity contribution is 7.90. The minimum Gasteiger partial charge on any atom is -0.494 e. The molecule has 3 aromatic rings. The van der Waals surface area contributed by atoms with Gasteiger partial charge in [-0.15, -0.1) is 0 Å². The maximum absolute atomic E-state index is 13.8. The average Bonchev–Trinajstić information content (AvgIpc) is 3.75. The Kier molecular flexibility index (Phi) is 7.52. The molecule has 0 aliphatic carbocycles. The summed E-state index contributed by atoms with van der Waals surface area (Å²) >= 11 is 0. The van der Waals surface area contributed by atoms with Crippen LogP contribution < -0.4 is 9.64 Å². The summed E-state index contributed by atoms with van der Waals surface area (Å²) in [6, 6.07) is 18.6. The normalized spacial score (nSPS) is 18.7. The molecule has 2 atom stereocenters. The van der Waals surface area contributed by atoms with Crippen molar-refractivity contribution >= 4 is 21.3 Å². The molecular weight excluding hydrogens is 507 g/mol. The first-order valence-electron chi connectivity index (χ1n) is 12.7. The van der Waals surface area contributed by atoms with E-state index < -0.39 is 15.7 Å². The predicted octanol–water partition coefficient (Wildman–Crippen LogP) is 4.12. The Morgan fingerprint density at radius 1 is 1.05 bits per heavy atom. The Hall–Kier alpha value is -3.27. The summed E-state index contributed by atoms with van der Waals surface area (Å²) < 4.78 is 49.7. The number of hydrogen-bond donors (Lipinski definition) is 0. The first-order valence-corrected chi connectivity index (χ1v) is 14.6. The van der Waals surface area contributed by atoms with Crippen LogP contribution in [0.15, 0.2) is 71.6 Å². The molecule has 38 heavy (non-hydrogen) atoms. The van der Waals surface area contributed by atoms with Crippen molar-refractivity contribution in [3.63, 3.8) is 0 Å². The first-order chi connectivity index (χ1) is 18.3. The van der Waals surface area contributed by atoms with Crippen molar-refractivity contribution in [1.82, 2.24) is 4.90 Å². The lowest BCUT2D eigenvalue weighted by Gasteiger charge is -2.40. The van der Waals surface area contributed by atoms with Crippen molar-refractivity contribution in [3.8, 4) is 5.75 Å². The zero-order valence-corrected chi connectivity index (χ0v) is 22.3. The van der Waals surface area contributed by atoms with E-state index in [1.807, 2.05) is 36.1 Å². The zero-order chi connectivity index (χ0) is 26.9. The number of piperazine rings is 1. The van der Waals surface area contributed by atoms with E-state index in [4.69, 9.17) is 9.47 Å². The van der Waals surface area contributed by atoms with Gasteiger partial charge in [-0.1, -0.05) is 24.3 Å². The van der Waals surface area contributed by atoms with E-state index in [1.165, 1.54) is 12.1 Å². The Morgan fingerprint density at radius 2 is 1.74 bits per heavy atom. The number of carbonyl (C=O) groups is 1. The van der Waals surface area contributed by atoms with Crippen molar-refractivity contribution in [2.24, 2.45) is 0 Å². The van der Waals surface area contributed by atoms with Crippen molar-refractivity contribution in [2.75, 3.05) is 50.5 Å². The Bertz CT molecular complexity index is 1420. The molecule has 0 N–H and O–H groups in total. The maximum Gasteiger partial charge on any atom is 0.193 e. The van der Waals surface area contributed by atoms with Crippen LogP contribution in [0.25, 0.3) is 0 Å². The third kappa shape index (κ3) is 5.60. The van der Waals surface area contributed by atoms with Gasteiger partial charge in [0, 0.05) is 43.6 Å². The largest absolute Gasteiger partial charge is 0.494 e. The molecule has 3 aromatic carbocycles. The smallest absolute Gasteiger partial charge is 0.193 e. The number of benzene rings is 3. The van der Waals surface area contributed by atoms with Crippen LogP contribution >= 0.6 is 0 Å². The topological polar surface area (TPSA) is 79.5 Å². The third-order valence-corrected chi connectivity index (χ3v) is 8.16. The van der Waals surface area contributed by atoms with E-state index in [2.05, 4.69) is 4.90 Å². The third-order valence-electron chi connectivity index (χ3n) is 7.03. The molecule has 2 aliphatic heterocycles. The second-order valence-electron chi connectivity index (χ2n) is 9.60. The second kappa shape index (κ2) is 10.8. The lowest BCUT2D eigenvalue weighted by Crippen LogP contribution is -2.49. The number of carbonyl (C=O) groups excluding carboxylic acids is 1. The molecular formula is C29H31FN2O5S. The van der Waals surface area contributed by atoms with Crippen molar-refractivity contribution in [3.05, 3.63) is 89.2 Å². The van der Waals surface area contributed by atoms with E-state index in [0.29, 0.717) is 56.2 Å². The van der Waals surface area contributed by atoms with E-state index in [0.717, 1.165) is 23.6 Å². The summed E-state index contributed by atoms with van der Waals surface area (Å²) in [5, 5.41) is 0. The number of anilines is 1. The Labute approximate surface area is 222 Å². The average molecular weight is 539 g/mol. The van der Waals surface area contributed by atoms with Crippen molar-refractivity contribution < 1.29 is 27.1 Å². The summed E-state index contributed by atoms with van der Waals surface area (Å²) in [6.45, 7) is 5.49. The molecule has 0 spiro atoms. The summed E-state index contributed by atoms with van der Waals surface area (Å²) in [5.41, 5.74) is 2.66. The summed E-state index contributed by atoms with van der Waals surface area (Å²) in [6.07, 6.45) is 1.08. The van der Waals surface area contributed by atoms with Gasteiger partial charge in [0.2, 0.25) is 0 Å². The maximum atomic E-state index is 13.8. The zero-order valence-electron chi connectivity index (χ0n) is 21.5. The van der Waals surface area contributed by atoms with Gasteiger partial charge < -0.3 is 14.4 Å². The van der Waals surface area contributed by atoms with Gasteiger partial charge in [0.1, 0.15) is 17.7 Å². The molecule has 2 unspecified atom stereocenters. The Balaban J connectivity index is 1.38. The molecule has 200 valence electrons. The van der Waals surface area contributed by atoms with Gasteiger partial charge in [0.25, 0.3) is 0 Å². The van der Waals surface area contributed by atoms with Gasteiger partial charge in [-0.05, 0) is 55.0 Å². The quantitative estimate of drug-likeness (QED) is 0.300.